The summed E-state index contributed by atoms with van der Waals surface area (Å²) in [5, 5.41) is 5.81. The Labute approximate surface area is 160 Å². The van der Waals surface area contributed by atoms with Crippen LogP contribution in [0, 0.1) is 0 Å². The molecule has 2 N–H and O–H groups in total. The van der Waals surface area contributed by atoms with Gasteiger partial charge in [0.25, 0.3) is 5.91 Å². The highest BCUT2D eigenvalue weighted by Crippen LogP contribution is 2.37. The molecule has 4 amide bonds. The molecule has 3 rings (SSSR count). The summed E-state index contributed by atoms with van der Waals surface area (Å²) in [6.45, 7) is 11.5. The summed E-state index contributed by atoms with van der Waals surface area (Å²) >= 11 is 0. The third kappa shape index (κ3) is 3.77. The minimum absolute atomic E-state index is 0.0550. The standard InChI is InChI=1S/C20H28N4O3/c1-19(2,3)22-18(27)24-10-8-23(9-11-24)16(25)13-6-7-15-14(12-13)20(4,5)17(26)21-15/h6-7,12H,8-11H2,1-5H3,(H,21,26)(H,22,27). The Balaban J connectivity index is 1.66. The zero-order valence-electron chi connectivity index (χ0n) is 16.7. The molecular weight excluding hydrogens is 344 g/mol. The third-order valence-corrected chi connectivity index (χ3v) is 5.09. The summed E-state index contributed by atoms with van der Waals surface area (Å²) < 4.78 is 0. The molecule has 0 radical (unpaired) electrons. The van der Waals surface area contributed by atoms with Crippen molar-refractivity contribution < 1.29 is 14.4 Å². The highest BCUT2D eigenvalue weighted by atomic mass is 16.2. The van der Waals surface area contributed by atoms with E-state index in [0.717, 1.165) is 11.3 Å². The monoisotopic (exact) mass is 372 g/mol. The average Bonchev–Trinajstić information content (AvgIpc) is 2.82. The fourth-order valence-corrected chi connectivity index (χ4v) is 3.40. The summed E-state index contributed by atoms with van der Waals surface area (Å²) in [6, 6.07) is 5.26. The minimum Gasteiger partial charge on any atom is -0.335 e. The maximum Gasteiger partial charge on any atom is 0.317 e. The van der Waals surface area contributed by atoms with Crippen molar-refractivity contribution >= 4 is 23.5 Å². The van der Waals surface area contributed by atoms with Gasteiger partial charge in [-0.2, -0.15) is 0 Å². The van der Waals surface area contributed by atoms with Crippen LogP contribution in [0.5, 0.6) is 0 Å². The van der Waals surface area contributed by atoms with Crippen molar-refractivity contribution in [3.05, 3.63) is 29.3 Å². The summed E-state index contributed by atoms with van der Waals surface area (Å²) in [6.07, 6.45) is 0. The van der Waals surface area contributed by atoms with Crippen LogP contribution in [-0.4, -0.2) is 59.4 Å². The number of fused-ring (bicyclic) bond motifs is 1. The lowest BCUT2D eigenvalue weighted by Crippen LogP contribution is -2.56. The zero-order valence-corrected chi connectivity index (χ0v) is 16.7. The Hall–Kier alpha value is -2.57. The highest BCUT2D eigenvalue weighted by Gasteiger charge is 2.39. The molecule has 2 aliphatic heterocycles. The molecule has 0 aliphatic carbocycles. The van der Waals surface area contributed by atoms with Gasteiger partial charge in [-0.15, -0.1) is 0 Å². The molecule has 146 valence electrons. The first-order valence-corrected chi connectivity index (χ1v) is 9.31. The minimum atomic E-state index is -0.643. The number of hydrogen-bond donors (Lipinski definition) is 2. The molecule has 0 saturated carbocycles. The number of urea groups is 1. The fraction of sp³-hybridized carbons (Fsp3) is 0.550. The highest BCUT2D eigenvalue weighted by molar-refractivity contribution is 6.07. The van der Waals surface area contributed by atoms with Crippen molar-refractivity contribution in [3.8, 4) is 0 Å². The van der Waals surface area contributed by atoms with E-state index < -0.39 is 5.41 Å². The van der Waals surface area contributed by atoms with E-state index in [2.05, 4.69) is 10.6 Å². The molecule has 0 atom stereocenters. The lowest BCUT2D eigenvalue weighted by molar-refractivity contribution is -0.119. The summed E-state index contributed by atoms with van der Waals surface area (Å²) in [5.41, 5.74) is 1.26. The predicted octanol–water partition coefficient (Wildman–Crippen LogP) is 2.18. The van der Waals surface area contributed by atoms with Crippen LogP contribution < -0.4 is 10.6 Å². The zero-order chi connectivity index (χ0) is 20.0. The van der Waals surface area contributed by atoms with Gasteiger partial charge in [-0.25, -0.2) is 4.79 Å². The number of carbonyl (C=O) groups is 3. The van der Waals surface area contributed by atoms with Crippen LogP contribution in [0.15, 0.2) is 18.2 Å². The smallest absolute Gasteiger partial charge is 0.317 e. The van der Waals surface area contributed by atoms with E-state index in [4.69, 9.17) is 0 Å². The molecule has 1 fully saturated rings. The Bertz CT molecular complexity index is 787. The first kappa shape index (κ1) is 19.2. The van der Waals surface area contributed by atoms with Crippen LogP contribution in [0.3, 0.4) is 0 Å². The molecule has 0 bridgehead atoms. The van der Waals surface area contributed by atoms with Gasteiger partial charge in [0.05, 0.1) is 5.41 Å². The van der Waals surface area contributed by atoms with Gasteiger partial charge in [-0.05, 0) is 58.4 Å². The van der Waals surface area contributed by atoms with Crippen molar-refractivity contribution in [2.24, 2.45) is 0 Å². The van der Waals surface area contributed by atoms with Gasteiger partial charge in [-0.1, -0.05) is 0 Å². The van der Waals surface area contributed by atoms with E-state index in [1.165, 1.54) is 0 Å². The first-order valence-electron chi connectivity index (χ1n) is 9.31. The lowest BCUT2D eigenvalue weighted by Gasteiger charge is -2.36. The number of carbonyl (C=O) groups excluding carboxylic acids is 3. The van der Waals surface area contributed by atoms with Gasteiger partial charge < -0.3 is 20.4 Å². The Morgan fingerprint density at radius 3 is 2.26 bits per heavy atom. The number of amides is 4. The molecule has 1 aromatic rings. The van der Waals surface area contributed by atoms with Crippen LogP contribution in [0.1, 0.15) is 50.5 Å². The Kier molecular flexibility index (Phi) is 4.66. The Morgan fingerprint density at radius 2 is 1.67 bits per heavy atom. The molecule has 0 spiro atoms. The maximum absolute atomic E-state index is 12.9. The largest absolute Gasteiger partial charge is 0.335 e. The molecular formula is C20H28N4O3. The SMILES string of the molecule is CC(C)(C)NC(=O)N1CCN(C(=O)c2ccc3c(c2)C(C)(C)C(=O)N3)CC1. The van der Waals surface area contributed by atoms with E-state index >= 15 is 0 Å². The normalized spacial score (nSPS) is 18.8. The number of piperazine rings is 1. The average molecular weight is 372 g/mol. The number of hydrogen-bond acceptors (Lipinski definition) is 3. The van der Waals surface area contributed by atoms with Crippen LogP contribution in [0.2, 0.25) is 0 Å². The fourth-order valence-electron chi connectivity index (χ4n) is 3.40. The van der Waals surface area contributed by atoms with E-state index in [-0.39, 0.29) is 23.4 Å². The molecule has 0 unspecified atom stereocenters. The Morgan fingerprint density at radius 1 is 1.07 bits per heavy atom. The topological polar surface area (TPSA) is 81.8 Å². The third-order valence-electron chi connectivity index (χ3n) is 5.09. The summed E-state index contributed by atoms with van der Waals surface area (Å²) in [7, 11) is 0. The second-order valence-electron chi connectivity index (χ2n) is 8.80. The molecule has 27 heavy (non-hydrogen) atoms. The van der Waals surface area contributed by atoms with Gasteiger partial charge >= 0.3 is 6.03 Å². The van der Waals surface area contributed by atoms with Gasteiger partial charge in [-0.3, -0.25) is 9.59 Å². The molecule has 2 aliphatic rings. The van der Waals surface area contributed by atoms with E-state index in [0.29, 0.717) is 31.7 Å². The number of anilines is 1. The van der Waals surface area contributed by atoms with Crippen LogP contribution in [0.25, 0.3) is 0 Å². The van der Waals surface area contributed by atoms with Crippen molar-refractivity contribution in [2.45, 2.75) is 45.6 Å². The first-order chi connectivity index (χ1) is 12.5. The van der Waals surface area contributed by atoms with Gasteiger partial charge in [0.15, 0.2) is 0 Å². The van der Waals surface area contributed by atoms with Gasteiger partial charge in [0.2, 0.25) is 5.91 Å². The number of rotatable bonds is 1. The predicted molar refractivity (Wildman–Crippen MR) is 104 cm³/mol. The maximum atomic E-state index is 12.9. The summed E-state index contributed by atoms with van der Waals surface area (Å²) in [4.78, 5) is 40.7. The molecule has 0 aromatic heterocycles. The van der Waals surface area contributed by atoms with E-state index in [9.17, 15) is 14.4 Å². The quantitative estimate of drug-likeness (QED) is 0.793. The van der Waals surface area contributed by atoms with Gasteiger partial charge in [0, 0.05) is 43.0 Å². The van der Waals surface area contributed by atoms with Crippen molar-refractivity contribution in [1.29, 1.82) is 0 Å². The molecule has 7 nitrogen and oxygen atoms in total. The number of benzene rings is 1. The van der Waals surface area contributed by atoms with Crippen molar-refractivity contribution in [1.82, 2.24) is 15.1 Å². The van der Waals surface area contributed by atoms with Gasteiger partial charge in [0.1, 0.15) is 0 Å². The van der Waals surface area contributed by atoms with Crippen LogP contribution >= 0.6 is 0 Å². The number of nitrogens with zero attached hydrogens (tertiary/aromatic N) is 2. The number of nitrogens with one attached hydrogen (secondary N) is 2. The second kappa shape index (κ2) is 6.55. The second-order valence-corrected chi connectivity index (χ2v) is 8.80. The summed E-state index contributed by atoms with van der Waals surface area (Å²) in [5.74, 6) is -0.121. The molecule has 7 heteroatoms. The lowest BCUT2D eigenvalue weighted by atomic mass is 9.85. The van der Waals surface area contributed by atoms with E-state index in [1.54, 1.807) is 21.9 Å². The molecule has 1 saturated heterocycles. The molecule has 1 aromatic carbocycles. The van der Waals surface area contributed by atoms with Crippen molar-refractivity contribution in [2.75, 3.05) is 31.5 Å². The van der Waals surface area contributed by atoms with Crippen LogP contribution in [0.4, 0.5) is 10.5 Å². The van der Waals surface area contributed by atoms with Crippen LogP contribution in [-0.2, 0) is 10.2 Å². The van der Waals surface area contributed by atoms with Crippen molar-refractivity contribution in [3.63, 3.8) is 0 Å². The van der Waals surface area contributed by atoms with E-state index in [1.807, 2.05) is 40.7 Å². The molecule has 2 heterocycles.